The fourth-order valence-corrected chi connectivity index (χ4v) is 1.75. The maximum atomic E-state index is 13.1. The van der Waals surface area contributed by atoms with Crippen molar-refractivity contribution >= 4 is 11.6 Å². The number of aliphatic hydroxyl groups excluding tert-OH is 1. The number of halogens is 2. The Morgan fingerprint density at radius 3 is 2.79 bits per heavy atom. The van der Waals surface area contributed by atoms with Crippen LogP contribution in [0.2, 0.25) is 5.02 Å². The molecular weight excluding hydrogens is 205 g/mol. The molecule has 2 nitrogen and oxygen atoms in total. The third-order valence-corrected chi connectivity index (χ3v) is 2.55. The zero-order valence-electron chi connectivity index (χ0n) is 7.93. The topological polar surface area (TPSA) is 46.2 Å². The standard InChI is InChI=1S/C10H13ClFNO/c1-6-2-3-7(12)10(11)9(6)8(13)4-5-14/h2-3,8,14H,4-5,13H2,1H3. The van der Waals surface area contributed by atoms with Crippen LogP contribution in [0.5, 0.6) is 0 Å². The van der Waals surface area contributed by atoms with Gasteiger partial charge in [-0.2, -0.15) is 0 Å². The minimum atomic E-state index is -0.472. The van der Waals surface area contributed by atoms with Gasteiger partial charge in [0.05, 0.1) is 5.02 Å². The highest BCUT2D eigenvalue weighted by atomic mass is 35.5. The van der Waals surface area contributed by atoms with Crippen molar-refractivity contribution in [3.8, 4) is 0 Å². The van der Waals surface area contributed by atoms with E-state index in [0.717, 1.165) is 5.56 Å². The van der Waals surface area contributed by atoms with Crippen LogP contribution in [0.3, 0.4) is 0 Å². The predicted molar refractivity (Wildman–Crippen MR) is 54.8 cm³/mol. The number of aliphatic hydroxyl groups is 1. The predicted octanol–water partition coefficient (Wildman–Crippen LogP) is 2.17. The van der Waals surface area contributed by atoms with E-state index in [2.05, 4.69) is 0 Å². The number of nitrogens with two attached hydrogens (primary N) is 1. The van der Waals surface area contributed by atoms with Gasteiger partial charge in [0.1, 0.15) is 5.82 Å². The number of benzene rings is 1. The third kappa shape index (κ3) is 2.23. The van der Waals surface area contributed by atoms with Crippen molar-refractivity contribution in [1.82, 2.24) is 0 Å². The lowest BCUT2D eigenvalue weighted by molar-refractivity contribution is 0.276. The van der Waals surface area contributed by atoms with Crippen molar-refractivity contribution in [2.24, 2.45) is 5.73 Å². The molecule has 0 saturated heterocycles. The van der Waals surface area contributed by atoms with Crippen LogP contribution in [-0.2, 0) is 0 Å². The zero-order chi connectivity index (χ0) is 10.7. The largest absolute Gasteiger partial charge is 0.396 e. The highest BCUT2D eigenvalue weighted by molar-refractivity contribution is 6.31. The van der Waals surface area contributed by atoms with Crippen LogP contribution in [0, 0.1) is 12.7 Å². The molecule has 0 aliphatic carbocycles. The Balaban J connectivity index is 3.11. The van der Waals surface area contributed by atoms with Crippen molar-refractivity contribution < 1.29 is 9.50 Å². The van der Waals surface area contributed by atoms with Crippen LogP contribution >= 0.6 is 11.6 Å². The third-order valence-electron chi connectivity index (χ3n) is 2.16. The summed E-state index contributed by atoms with van der Waals surface area (Å²) in [6.07, 6.45) is 0.379. The van der Waals surface area contributed by atoms with Gasteiger partial charge in [0.25, 0.3) is 0 Å². The summed E-state index contributed by atoms with van der Waals surface area (Å²) < 4.78 is 13.1. The molecule has 1 rings (SSSR count). The summed E-state index contributed by atoms with van der Waals surface area (Å²) >= 11 is 5.79. The van der Waals surface area contributed by atoms with Gasteiger partial charge in [-0.3, -0.25) is 0 Å². The van der Waals surface area contributed by atoms with Crippen molar-refractivity contribution in [3.63, 3.8) is 0 Å². The van der Waals surface area contributed by atoms with Gasteiger partial charge in [0, 0.05) is 12.6 Å². The SMILES string of the molecule is Cc1ccc(F)c(Cl)c1C(N)CCO. The van der Waals surface area contributed by atoms with Crippen LogP contribution in [0.15, 0.2) is 12.1 Å². The average Bonchev–Trinajstić information content (AvgIpc) is 2.13. The Kier molecular flexibility index (Phi) is 3.86. The quantitative estimate of drug-likeness (QED) is 0.815. The summed E-state index contributed by atoms with van der Waals surface area (Å²) in [5.41, 5.74) is 7.19. The van der Waals surface area contributed by atoms with Crippen molar-refractivity contribution in [3.05, 3.63) is 34.1 Å². The van der Waals surface area contributed by atoms with Gasteiger partial charge in [0.2, 0.25) is 0 Å². The Bertz CT molecular complexity index is 330. The molecule has 1 aromatic rings. The van der Waals surface area contributed by atoms with Gasteiger partial charge in [-0.1, -0.05) is 17.7 Å². The minimum absolute atomic E-state index is 0.0343. The summed E-state index contributed by atoms with van der Waals surface area (Å²) in [6, 6.07) is 2.53. The van der Waals surface area contributed by atoms with Crippen molar-refractivity contribution in [2.75, 3.05) is 6.61 Å². The fourth-order valence-electron chi connectivity index (χ4n) is 1.40. The molecule has 0 fully saturated rings. The highest BCUT2D eigenvalue weighted by Crippen LogP contribution is 2.29. The second-order valence-electron chi connectivity index (χ2n) is 3.21. The summed E-state index contributed by atoms with van der Waals surface area (Å²) in [6.45, 7) is 1.78. The maximum absolute atomic E-state index is 13.1. The molecule has 0 radical (unpaired) electrons. The monoisotopic (exact) mass is 217 g/mol. The van der Waals surface area contributed by atoms with E-state index >= 15 is 0 Å². The molecule has 0 amide bonds. The second-order valence-corrected chi connectivity index (χ2v) is 3.59. The molecule has 14 heavy (non-hydrogen) atoms. The molecule has 3 N–H and O–H groups in total. The summed E-state index contributed by atoms with van der Waals surface area (Å²) in [7, 11) is 0. The first-order valence-electron chi connectivity index (χ1n) is 4.39. The first-order chi connectivity index (χ1) is 6.57. The molecule has 0 saturated carbocycles. The van der Waals surface area contributed by atoms with E-state index in [1.165, 1.54) is 6.07 Å². The summed E-state index contributed by atoms with van der Waals surface area (Å²) in [4.78, 5) is 0. The van der Waals surface area contributed by atoms with E-state index in [1.54, 1.807) is 6.07 Å². The van der Waals surface area contributed by atoms with Gasteiger partial charge in [-0.15, -0.1) is 0 Å². The minimum Gasteiger partial charge on any atom is -0.396 e. The van der Waals surface area contributed by atoms with Crippen LogP contribution in [0.25, 0.3) is 0 Å². The normalized spacial score (nSPS) is 12.9. The van der Waals surface area contributed by atoms with E-state index < -0.39 is 11.9 Å². The first kappa shape index (κ1) is 11.4. The molecule has 0 spiro atoms. The van der Waals surface area contributed by atoms with Crippen LogP contribution in [0.1, 0.15) is 23.6 Å². The number of hydrogen-bond acceptors (Lipinski definition) is 2. The number of aryl methyl sites for hydroxylation is 1. The lowest BCUT2D eigenvalue weighted by Crippen LogP contribution is -2.14. The van der Waals surface area contributed by atoms with Crippen molar-refractivity contribution in [1.29, 1.82) is 0 Å². The Hall–Kier alpha value is -0.640. The molecule has 0 bridgehead atoms. The molecule has 0 heterocycles. The summed E-state index contributed by atoms with van der Waals surface area (Å²) in [5.74, 6) is -0.472. The number of hydrogen-bond donors (Lipinski definition) is 2. The van der Waals surface area contributed by atoms with Gasteiger partial charge in [0.15, 0.2) is 0 Å². The van der Waals surface area contributed by atoms with Crippen LogP contribution < -0.4 is 5.73 Å². The van der Waals surface area contributed by atoms with Crippen molar-refractivity contribution in [2.45, 2.75) is 19.4 Å². The van der Waals surface area contributed by atoms with E-state index in [-0.39, 0.29) is 11.6 Å². The lowest BCUT2D eigenvalue weighted by atomic mass is 9.99. The lowest BCUT2D eigenvalue weighted by Gasteiger charge is -2.15. The molecule has 78 valence electrons. The summed E-state index contributed by atoms with van der Waals surface area (Å²) in [5, 5.41) is 8.79. The molecule has 1 atom stereocenters. The maximum Gasteiger partial charge on any atom is 0.142 e. The van der Waals surface area contributed by atoms with Gasteiger partial charge in [-0.05, 0) is 30.5 Å². The Morgan fingerprint density at radius 1 is 1.57 bits per heavy atom. The van der Waals surface area contributed by atoms with Crippen LogP contribution in [-0.4, -0.2) is 11.7 Å². The smallest absolute Gasteiger partial charge is 0.142 e. The molecule has 0 aliphatic heterocycles. The van der Waals surface area contributed by atoms with E-state index in [0.29, 0.717) is 12.0 Å². The molecule has 1 unspecified atom stereocenters. The van der Waals surface area contributed by atoms with E-state index in [1.807, 2.05) is 6.92 Å². The molecule has 4 heteroatoms. The molecule has 0 aromatic heterocycles. The Morgan fingerprint density at radius 2 is 2.21 bits per heavy atom. The molecular formula is C10H13ClFNO. The molecule has 1 aromatic carbocycles. The number of rotatable bonds is 3. The first-order valence-corrected chi connectivity index (χ1v) is 4.76. The second kappa shape index (κ2) is 4.73. The van der Waals surface area contributed by atoms with Gasteiger partial charge < -0.3 is 10.8 Å². The average molecular weight is 218 g/mol. The van der Waals surface area contributed by atoms with E-state index in [9.17, 15) is 4.39 Å². The highest BCUT2D eigenvalue weighted by Gasteiger charge is 2.15. The van der Waals surface area contributed by atoms with Gasteiger partial charge >= 0.3 is 0 Å². The van der Waals surface area contributed by atoms with E-state index in [4.69, 9.17) is 22.4 Å². The molecule has 0 aliphatic rings. The zero-order valence-corrected chi connectivity index (χ0v) is 8.68. The Labute approximate surface area is 87.5 Å². The van der Waals surface area contributed by atoms with Crippen LogP contribution in [0.4, 0.5) is 4.39 Å². The fraction of sp³-hybridized carbons (Fsp3) is 0.400. The van der Waals surface area contributed by atoms with Gasteiger partial charge in [-0.25, -0.2) is 4.39 Å².